The molecule has 0 aromatic carbocycles. The van der Waals surface area contributed by atoms with E-state index in [4.69, 9.17) is 5.11 Å². The molecule has 0 saturated carbocycles. The highest BCUT2D eigenvalue weighted by atomic mass is 16.2. The van der Waals surface area contributed by atoms with E-state index in [-0.39, 0.29) is 0 Å². The number of hydrogen-bond acceptors (Lipinski definition) is 1. The van der Waals surface area contributed by atoms with Gasteiger partial charge in [-0.1, -0.05) is 95.6 Å². The topological polar surface area (TPSA) is 20.2 Å². The van der Waals surface area contributed by atoms with Gasteiger partial charge in [-0.3, -0.25) is 0 Å². The number of unbranched alkanes of at least 4 members (excludes halogenated alkanes) is 15. The summed E-state index contributed by atoms with van der Waals surface area (Å²) in [5.41, 5.74) is 0. The first kappa shape index (κ1) is 20.7. The fraction of sp³-hybridized carbons (Fsp3) is 0.900. The van der Waals surface area contributed by atoms with Crippen LogP contribution in [0, 0.1) is 0 Å². The lowest BCUT2D eigenvalue weighted by molar-refractivity contribution is 0.282. The lowest BCUT2D eigenvalue weighted by atomic mass is 10.0. The van der Waals surface area contributed by atoms with Crippen molar-refractivity contribution in [1.82, 2.24) is 0 Å². The molecule has 1 nitrogen and oxygen atoms in total. The largest absolute Gasteiger partial charge is 0.396 e. The highest BCUT2D eigenvalue weighted by molar-refractivity contribution is 4.76. The highest BCUT2D eigenvalue weighted by Gasteiger charge is 1.94. The Hall–Kier alpha value is -0.300. The van der Waals surface area contributed by atoms with Crippen LogP contribution in [0.4, 0.5) is 0 Å². The lowest BCUT2D eigenvalue weighted by Crippen LogP contribution is -1.85. The SMILES string of the molecule is C/C=C/CCCCCCCCCCCCCCCCCO. The van der Waals surface area contributed by atoms with Crippen LogP contribution in [0.5, 0.6) is 0 Å². The van der Waals surface area contributed by atoms with Crippen molar-refractivity contribution in [2.24, 2.45) is 0 Å². The van der Waals surface area contributed by atoms with Crippen LogP contribution in [-0.4, -0.2) is 11.7 Å². The summed E-state index contributed by atoms with van der Waals surface area (Å²) in [5, 5.41) is 8.69. The molecule has 126 valence electrons. The monoisotopic (exact) mass is 296 g/mol. The molecule has 0 fully saturated rings. The molecule has 21 heavy (non-hydrogen) atoms. The molecule has 1 N–H and O–H groups in total. The van der Waals surface area contributed by atoms with Gasteiger partial charge in [-0.2, -0.15) is 0 Å². The van der Waals surface area contributed by atoms with Gasteiger partial charge in [0.2, 0.25) is 0 Å². The zero-order valence-electron chi connectivity index (χ0n) is 14.6. The third kappa shape index (κ3) is 19.7. The normalized spacial score (nSPS) is 11.5. The molecule has 0 atom stereocenters. The molecule has 0 amide bonds. The molecule has 0 saturated heterocycles. The van der Waals surface area contributed by atoms with Crippen molar-refractivity contribution in [3.8, 4) is 0 Å². The van der Waals surface area contributed by atoms with Gasteiger partial charge in [0.1, 0.15) is 0 Å². The maximum Gasteiger partial charge on any atom is 0.0431 e. The van der Waals surface area contributed by atoms with Gasteiger partial charge in [0.05, 0.1) is 0 Å². The summed E-state index contributed by atoms with van der Waals surface area (Å²) < 4.78 is 0. The summed E-state index contributed by atoms with van der Waals surface area (Å²) >= 11 is 0. The van der Waals surface area contributed by atoms with Crippen molar-refractivity contribution >= 4 is 0 Å². The Bertz CT molecular complexity index is 198. The molecule has 0 rings (SSSR count). The molecule has 0 aliphatic carbocycles. The number of rotatable bonds is 17. The first-order valence-corrected chi connectivity index (χ1v) is 9.64. The van der Waals surface area contributed by atoms with Gasteiger partial charge >= 0.3 is 0 Å². The summed E-state index contributed by atoms with van der Waals surface area (Å²) in [6, 6.07) is 0. The van der Waals surface area contributed by atoms with Crippen LogP contribution in [0.25, 0.3) is 0 Å². The van der Waals surface area contributed by atoms with Crippen LogP contribution in [0.2, 0.25) is 0 Å². The summed E-state index contributed by atoms with van der Waals surface area (Å²) in [4.78, 5) is 0. The molecule has 0 spiro atoms. The lowest BCUT2D eigenvalue weighted by Gasteiger charge is -2.03. The van der Waals surface area contributed by atoms with E-state index < -0.39 is 0 Å². The van der Waals surface area contributed by atoms with Crippen LogP contribution >= 0.6 is 0 Å². The van der Waals surface area contributed by atoms with E-state index in [0.29, 0.717) is 6.61 Å². The molecular weight excluding hydrogens is 256 g/mol. The average molecular weight is 297 g/mol. The molecule has 0 unspecified atom stereocenters. The Morgan fingerprint density at radius 3 is 1.19 bits per heavy atom. The fourth-order valence-electron chi connectivity index (χ4n) is 2.84. The summed E-state index contributed by atoms with van der Waals surface area (Å²) in [5.74, 6) is 0. The van der Waals surface area contributed by atoms with E-state index in [2.05, 4.69) is 19.1 Å². The first-order chi connectivity index (χ1) is 10.4. The second-order valence-electron chi connectivity index (χ2n) is 6.38. The van der Waals surface area contributed by atoms with Crippen molar-refractivity contribution < 1.29 is 5.11 Å². The third-order valence-electron chi connectivity index (χ3n) is 4.26. The van der Waals surface area contributed by atoms with Crippen LogP contribution < -0.4 is 0 Å². The van der Waals surface area contributed by atoms with E-state index >= 15 is 0 Å². The molecule has 1 heteroatoms. The van der Waals surface area contributed by atoms with E-state index in [0.717, 1.165) is 6.42 Å². The average Bonchev–Trinajstić information content (AvgIpc) is 2.50. The first-order valence-electron chi connectivity index (χ1n) is 9.64. The molecule has 0 bridgehead atoms. The third-order valence-corrected chi connectivity index (χ3v) is 4.26. The maximum absolute atomic E-state index is 8.69. The van der Waals surface area contributed by atoms with Gasteiger partial charge in [0.15, 0.2) is 0 Å². The minimum atomic E-state index is 0.371. The predicted octanol–water partition coefficient (Wildman–Crippen LogP) is 6.80. The maximum atomic E-state index is 8.69. The van der Waals surface area contributed by atoms with Crippen LogP contribution in [0.1, 0.15) is 110 Å². The minimum Gasteiger partial charge on any atom is -0.396 e. The zero-order valence-corrected chi connectivity index (χ0v) is 14.6. The van der Waals surface area contributed by atoms with Crippen LogP contribution in [-0.2, 0) is 0 Å². The predicted molar refractivity (Wildman–Crippen MR) is 95.8 cm³/mol. The Kier molecular flexibility index (Phi) is 19.4. The van der Waals surface area contributed by atoms with Crippen molar-refractivity contribution in [3.05, 3.63) is 12.2 Å². The summed E-state index contributed by atoms with van der Waals surface area (Å²) in [6.45, 7) is 2.48. The molecule has 0 heterocycles. The molecule has 0 aliphatic rings. The minimum absolute atomic E-state index is 0.371. The second-order valence-corrected chi connectivity index (χ2v) is 6.38. The van der Waals surface area contributed by atoms with Crippen molar-refractivity contribution in [1.29, 1.82) is 0 Å². The highest BCUT2D eigenvalue weighted by Crippen LogP contribution is 2.13. The molecular formula is C20H40O. The van der Waals surface area contributed by atoms with E-state index in [1.807, 2.05) is 0 Å². The number of aliphatic hydroxyl groups excluding tert-OH is 1. The van der Waals surface area contributed by atoms with Crippen LogP contribution in [0.15, 0.2) is 12.2 Å². The molecule has 0 aromatic rings. The fourth-order valence-corrected chi connectivity index (χ4v) is 2.84. The standard InChI is InChI=1S/C20H40O/c1-2-3-4-5-6-7-8-9-10-11-12-13-14-15-16-17-18-19-20-21/h2-3,21H,4-20H2,1H3/b3-2+. The van der Waals surface area contributed by atoms with E-state index in [9.17, 15) is 0 Å². The Balaban J connectivity index is 2.93. The second kappa shape index (κ2) is 19.7. The Morgan fingerprint density at radius 2 is 0.857 bits per heavy atom. The van der Waals surface area contributed by atoms with Gasteiger partial charge in [-0.25, -0.2) is 0 Å². The smallest absolute Gasteiger partial charge is 0.0431 e. The van der Waals surface area contributed by atoms with Crippen molar-refractivity contribution in [3.63, 3.8) is 0 Å². The van der Waals surface area contributed by atoms with Crippen molar-refractivity contribution in [2.75, 3.05) is 6.61 Å². The Morgan fingerprint density at radius 1 is 0.524 bits per heavy atom. The molecule has 0 aliphatic heterocycles. The van der Waals surface area contributed by atoms with Gasteiger partial charge in [0.25, 0.3) is 0 Å². The zero-order chi connectivity index (χ0) is 15.4. The number of aliphatic hydroxyl groups is 1. The van der Waals surface area contributed by atoms with Crippen LogP contribution in [0.3, 0.4) is 0 Å². The van der Waals surface area contributed by atoms with Crippen molar-refractivity contribution in [2.45, 2.75) is 110 Å². The summed E-state index contributed by atoms with van der Waals surface area (Å²) in [6.07, 6.45) is 26.3. The van der Waals surface area contributed by atoms with Gasteiger partial charge in [0, 0.05) is 6.61 Å². The number of hydrogen-bond donors (Lipinski definition) is 1. The molecule has 0 aromatic heterocycles. The van der Waals surface area contributed by atoms with Gasteiger partial charge in [-0.05, 0) is 26.2 Å². The quantitative estimate of drug-likeness (QED) is 0.231. The number of allylic oxidation sites excluding steroid dienone is 2. The molecule has 0 radical (unpaired) electrons. The Labute approximate surface area is 134 Å². The van der Waals surface area contributed by atoms with E-state index in [1.54, 1.807) is 0 Å². The van der Waals surface area contributed by atoms with E-state index in [1.165, 1.54) is 96.3 Å². The van der Waals surface area contributed by atoms with Gasteiger partial charge in [-0.15, -0.1) is 0 Å². The summed E-state index contributed by atoms with van der Waals surface area (Å²) in [7, 11) is 0. The van der Waals surface area contributed by atoms with Gasteiger partial charge < -0.3 is 5.11 Å².